The Morgan fingerprint density at radius 1 is 1.52 bits per heavy atom. The van der Waals surface area contributed by atoms with Gasteiger partial charge in [0, 0.05) is 24.2 Å². The monoisotopic (exact) mass is 302 g/mol. The maximum atomic E-state index is 12.4. The van der Waals surface area contributed by atoms with Gasteiger partial charge in [-0.15, -0.1) is 11.3 Å². The summed E-state index contributed by atoms with van der Waals surface area (Å²) in [5.41, 5.74) is 8.69. The summed E-state index contributed by atoms with van der Waals surface area (Å²) in [6, 6.07) is 5.65. The number of likely N-dealkylation sites (N-methyl/N-ethyl adjacent to an activating group) is 1. The molecule has 21 heavy (non-hydrogen) atoms. The van der Waals surface area contributed by atoms with Crippen molar-refractivity contribution in [3.63, 3.8) is 0 Å². The topological polar surface area (TPSA) is 71.2 Å². The molecule has 1 amide bonds. The van der Waals surface area contributed by atoms with Gasteiger partial charge in [0.15, 0.2) is 0 Å². The van der Waals surface area contributed by atoms with Gasteiger partial charge in [-0.2, -0.15) is 0 Å². The van der Waals surface area contributed by atoms with Gasteiger partial charge >= 0.3 is 0 Å². The number of thiophene rings is 1. The highest BCUT2D eigenvalue weighted by Gasteiger charge is 2.25. The van der Waals surface area contributed by atoms with Crippen LogP contribution in [0.2, 0.25) is 0 Å². The molecule has 6 heteroatoms. The average Bonchev–Trinajstić information content (AvgIpc) is 2.81. The predicted octanol–water partition coefficient (Wildman–Crippen LogP) is 1.64. The second-order valence-electron chi connectivity index (χ2n) is 5.23. The van der Waals surface area contributed by atoms with Crippen molar-refractivity contribution < 1.29 is 4.79 Å². The van der Waals surface area contributed by atoms with Crippen LogP contribution in [0.4, 0.5) is 5.00 Å². The Labute approximate surface area is 127 Å². The van der Waals surface area contributed by atoms with Crippen molar-refractivity contribution in [3.8, 4) is 0 Å². The highest BCUT2D eigenvalue weighted by molar-refractivity contribution is 7.16. The predicted molar refractivity (Wildman–Crippen MR) is 84.2 cm³/mol. The van der Waals surface area contributed by atoms with Crippen molar-refractivity contribution in [3.05, 3.63) is 46.1 Å². The summed E-state index contributed by atoms with van der Waals surface area (Å²) >= 11 is 1.53. The number of nitrogens with two attached hydrogens (primary N) is 1. The zero-order chi connectivity index (χ0) is 14.8. The molecule has 0 bridgehead atoms. The summed E-state index contributed by atoms with van der Waals surface area (Å²) in [6.07, 6.45) is 2.60. The van der Waals surface area contributed by atoms with Crippen LogP contribution in [0.5, 0.6) is 0 Å². The number of carbonyl (C=O) groups is 1. The molecule has 1 aliphatic rings. The molecule has 0 radical (unpaired) electrons. The average molecular weight is 302 g/mol. The second-order valence-corrected chi connectivity index (χ2v) is 6.37. The largest absolute Gasteiger partial charge is 0.390 e. The maximum Gasteiger partial charge on any atom is 0.254 e. The second kappa shape index (κ2) is 5.83. The van der Waals surface area contributed by atoms with Crippen molar-refractivity contribution in [2.75, 3.05) is 19.3 Å². The highest BCUT2D eigenvalue weighted by atomic mass is 32.1. The van der Waals surface area contributed by atoms with E-state index in [-0.39, 0.29) is 5.91 Å². The number of nitrogens with zero attached hydrogens (tertiary/aromatic N) is 2. The Balaban J connectivity index is 1.76. The number of hydrogen-bond donors (Lipinski definition) is 2. The molecule has 3 N–H and O–H groups in total. The van der Waals surface area contributed by atoms with Crippen LogP contribution in [0.25, 0.3) is 0 Å². The number of pyridine rings is 1. The van der Waals surface area contributed by atoms with E-state index in [0.717, 1.165) is 30.8 Å². The summed E-state index contributed by atoms with van der Waals surface area (Å²) in [4.78, 5) is 20.1. The SMILES string of the molecule is CN1CCc2c(sc(N)c2C(=O)NCc2ccccn2)C1. The van der Waals surface area contributed by atoms with Crippen LogP contribution in [0, 0.1) is 0 Å². The van der Waals surface area contributed by atoms with E-state index in [1.807, 2.05) is 18.2 Å². The number of hydrogen-bond acceptors (Lipinski definition) is 5. The summed E-state index contributed by atoms with van der Waals surface area (Å²) in [7, 11) is 2.08. The van der Waals surface area contributed by atoms with E-state index in [2.05, 4.69) is 22.2 Å². The van der Waals surface area contributed by atoms with Crippen LogP contribution in [0.3, 0.4) is 0 Å². The first-order valence-corrected chi connectivity index (χ1v) is 7.73. The Morgan fingerprint density at radius 3 is 3.14 bits per heavy atom. The number of fused-ring (bicyclic) bond motifs is 1. The first-order chi connectivity index (χ1) is 10.1. The van der Waals surface area contributed by atoms with Gasteiger partial charge in [0.25, 0.3) is 5.91 Å². The smallest absolute Gasteiger partial charge is 0.254 e. The molecule has 2 aromatic rings. The van der Waals surface area contributed by atoms with E-state index in [1.165, 1.54) is 16.2 Å². The van der Waals surface area contributed by atoms with Crippen molar-refractivity contribution in [2.45, 2.75) is 19.5 Å². The van der Waals surface area contributed by atoms with Crippen molar-refractivity contribution in [1.29, 1.82) is 0 Å². The van der Waals surface area contributed by atoms with E-state index in [4.69, 9.17) is 5.73 Å². The van der Waals surface area contributed by atoms with E-state index in [9.17, 15) is 4.79 Å². The van der Waals surface area contributed by atoms with Crippen molar-refractivity contribution in [1.82, 2.24) is 15.2 Å². The molecule has 0 fully saturated rings. The van der Waals surface area contributed by atoms with E-state index >= 15 is 0 Å². The summed E-state index contributed by atoms with van der Waals surface area (Å²) < 4.78 is 0. The number of amides is 1. The normalized spacial score (nSPS) is 14.7. The highest BCUT2D eigenvalue weighted by Crippen LogP contribution is 2.34. The van der Waals surface area contributed by atoms with Gasteiger partial charge in [-0.25, -0.2) is 0 Å². The molecule has 1 aliphatic heterocycles. The minimum atomic E-state index is -0.0970. The lowest BCUT2D eigenvalue weighted by Gasteiger charge is -2.22. The molecule has 0 aromatic carbocycles. The fraction of sp³-hybridized carbons (Fsp3) is 0.333. The van der Waals surface area contributed by atoms with Gasteiger partial charge in [-0.3, -0.25) is 9.78 Å². The van der Waals surface area contributed by atoms with Gasteiger partial charge in [0.05, 0.1) is 22.8 Å². The molecule has 5 nitrogen and oxygen atoms in total. The number of anilines is 1. The van der Waals surface area contributed by atoms with E-state index < -0.39 is 0 Å². The number of aromatic nitrogens is 1. The molecule has 0 saturated carbocycles. The quantitative estimate of drug-likeness (QED) is 0.904. The first-order valence-electron chi connectivity index (χ1n) is 6.92. The maximum absolute atomic E-state index is 12.4. The molecule has 0 saturated heterocycles. The minimum absolute atomic E-state index is 0.0970. The summed E-state index contributed by atoms with van der Waals surface area (Å²) in [5.74, 6) is -0.0970. The minimum Gasteiger partial charge on any atom is -0.390 e. The van der Waals surface area contributed by atoms with Crippen LogP contribution in [-0.2, 0) is 19.5 Å². The fourth-order valence-corrected chi connectivity index (χ4v) is 3.76. The van der Waals surface area contributed by atoms with Gasteiger partial charge in [-0.1, -0.05) is 6.07 Å². The molecule has 2 aromatic heterocycles. The van der Waals surface area contributed by atoms with Gasteiger partial charge in [-0.05, 0) is 31.2 Å². The summed E-state index contributed by atoms with van der Waals surface area (Å²) in [5, 5.41) is 3.53. The molecule has 3 rings (SSSR count). The molecule has 110 valence electrons. The molecular formula is C15H18N4OS. The van der Waals surface area contributed by atoms with Gasteiger partial charge in [0.1, 0.15) is 0 Å². The van der Waals surface area contributed by atoms with Crippen molar-refractivity contribution >= 4 is 22.2 Å². The van der Waals surface area contributed by atoms with E-state index in [0.29, 0.717) is 17.1 Å². The van der Waals surface area contributed by atoms with Crippen LogP contribution in [-0.4, -0.2) is 29.4 Å². The van der Waals surface area contributed by atoms with Gasteiger partial charge < -0.3 is 16.0 Å². The summed E-state index contributed by atoms with van der Waals surface area (Å²) in [6.45, 7) is 2.26. The number of nitrogen functional groups attached to an aromatic ring is 1. The van der Waals surface area contributed by atoms with Crippen LogP contribution in [0.15, 0.2) is 24.4 Å². The Morgan fingerprint density at radius 2 is 2.38 bits per heavy atom. The molecule has 0 spiro atoms. The van der Waals surface area contributed by atoms with Crippen LogP contribution < -0.4 is 11.1 Å². The first kappa shape index (κ1) is 14.0. The third kappa shape index (κ3) is 2.91. The zero-order valence-electron chi connectivity index (χ0n) is 11.9. The molecule has 0 aliphatic carbocycles. The van der Waals surface area contributed by atoms with Crippen LogP contribution >= 0.6 is 11.3 Å². The lowest BCUT2D eigenvalue weighted by Crippen LogP contribution is -2.29. The molecule has 3 heterocycles. The lowest BCUT2D eigenvalue weighted by molar-refractivity contribution is 0.0950. The zero-order valence-corrected chi connectivity index (χ0v) is 12.7. The number of carbonyl (C=O) groups excluding carboxylic acids is 1. The molecule has 0 atom stereocenters. The number of rotatable bonds is 3. The number of nitrogens with one attached hydrogen (secondary N) is 1. The Bertz CT molecular complexity index is 653. The molecular weight excluding hydrogens is 284 g/mol. The van der Waals surface area contributed by atoms with E-state index in [1.54, 1.807) is 6.20 Å². The van der Waals surface area contributed by atoms with Crippen molar-refractivity contribution in [2.24, 2.45) is 0 Å². The van der Waals surface area contributed by atoms with Crippen LogP contribution in [0.1, 0.15) is 26.5 Å². The molecule has 0 unspecified atom stereocenters. The fourth-order valence-electron chi connectivity index (χ4n) is 2.56. The third-order valence-electron chi connectivity index (χ3n) is 3.66. The lowest BCUT2D eigenvalue weighted by atomic mass is 10.0. The van der Waals surface area contributed by atoms with Gasteiger partial charge in [0.2, 0.25) is 0 Å². The standard InChI is InChI=1S/C15H18N4OS/c1-19-7-5-11-12(9-19)21-14(16)13(11)15(20)18-8-10-4-2-3-6-17-10/h2-4,6H,5,7-9,16H2,1H3,(H,18,20). The third-order valence-corrected chi connectivity index (χ3v) is 4.70. The Hall–Kier alpha value is -1.92. The Kier molecular flexibility index (Phi) is 3.90.